The van der Waals surface area contributed by atoms with Crippen LogP contribution in [0.3, 0.4) is 0 Å². The van der Waals surface area contributed by atoms with E-state index in [4.69, 9.17) is 9.94 Å². The number of rotatable bonds is 5. The number of pyridine rings is 1. The Kier molecular flexibility index (Phi) is 5.01. The molecule has 134 valence electrons. The first kappa shape index (κ1) is 17.7. The van der Waals surface area contributed by atoms with Gasteiger partial charge in [-0.15, -0.1) is 0 Å². The fourth-order valence-corrected chi connectivity index (χ4v) is 2.70. The van der Waals surface area contributed by atoms with Crippen molar-refractivity contribution in [3.63, 3.8) is 0 Å². The molecule has 26 heavy (non-hydrogen) atoms. The van der Waals surface area contributed by atoms with E-state index in [0.29, 0.717) is 28.2 Å². The SMILES string of the molecule is COc1ccc(Cc2ccc(F)cc2)[n+]([O-])c1-c1cccc(N([O-])O)c1. The molecule has 0 aliphatic heterocycles. The molecule has 0 saturated carbocycles. The lowest BCUT2D eigenvalue weighted by atomic mass is 10.1. The summed E-state index contributed by atoms with van der Waals surface area (Å²) in [6.07, 6.45) is 0.300. The Bertz CT molecular complexity index is 914. The van der Waals surface area contributed by atoms with Crippen molar-refractivity contribution in [3.05, 3.63) is 88.2 Å². The summed E-state index contributed by atoms with van der Waals surface area (Å²) in [4.78, 5) is 0. The molecule has 0 spiro atoms. The van der Waals surface area contributed by atoms with Crippen molar-refractivity contribution in [1.29, 1.82) is 0 Å². The standard InChI is InChI=1S/C19H16FN2O4/c1-26-18-10-9-16(11-13-5-7-15(20)8-6-13)21(23)19(18)14-3-2-4-17(12-14)22(24)25/h2-10,12,24H,11H2,1H3/q-1. The Balaban J connectivity index is 2.06. The van der Waals surface area contributed by atoms with E-state index in [0.717, 1.165) is 5.56 Å². The predicted octanol–water partition coefficient (Wildman–Crippen LogP) is 3.42. The van der Waals surface area contributed by atoms with Gasteiger partial charge >= 0.3 is 0 Å². The van der Waals surface area contributed by atoms with E-state index in [9.17, 15) is 14.8 Å². The monoisotopic (exact) mass is 355 g/mol. The molecule has 3 aromatic rings. The molecule has 0 aliphatic rings. The minimum atomic E-state index is -0.345. The van der Waals surface area contributed by atoms with E-state index >= 15 is 0 Å². The van der Waals surface area contributed by atoms with Crippen molar-refractivity contribution in [2.75, 3.05) is 12.3 Å². The van der Waals surface area contributed by atoms with Crippen molar-refractivity contribution in [3.8, 4) is 17.0 Å². The van der Waals surface area contributed by atoms with Crippen molar-refractivity contribution < 1.29 is 19.1 Å². The first-order valence-electron chi connectivity index (χ1n) is 7.80. The number of ether oxygens (including phenoxy) is 1. The molecule has 1 N–H and O–H groups in total. The normalized spacial score (nSPS) is 10.6. The molecule has 0 bridgehead atoms. The summed E-state index contributed by atoms with van der Waals surface area (Å²) < 4.78 is 19.1. The minimum Gasteiger partial charge on any atom is -0.733 e. The molecule has 0 amide bonds. The van der Waals surface area contributed by atoms with E-state index in [1.807, 2.05) is 0 Å². The third kappa shape index (κ3) is 3.58. The van der Waals surface area contributed by atoms with Crippen LogP contribution in [0.15, 0.2) is 60.7 Å². The lowest BCUT2D eigenvalue weighted by molar-refractivity contribution is -0.602. The van der Waals surface area contributed by atoms with Gasteiger partial charge in [0.05, 0.1) is 24.8 Å². The first-order chi connectivity index (χ1) is 12.5. The zero-order chi connectivity index (χ0) is 18.7. The maximum atomic E-state index is 13.1. The summed E-state index contributed by atoms with van der Waals surface area (Å²) in [6, 6.07) is 15.2. The van der Waals surface area contributed by atoms with Gasteiger partial charge in [0.1, 0.15) is 5.82 Å². The van der Waals surface area contributed by atoms with Crippen LogP contribution in [0.1, 0.15) is 11.3 Å². The molecule has 0 saturated heterocycles. The van der Waals surface area contributed by atoms with Crippen LogP contribution in [0.5, 0.6) is 5.75 Å². The summed E-state index contributed by atoms with van der Waals surface area (Å²) in [5.74, 6) is -0.0162. The summed E-state index contributed by atoms with van der Waals surface area (Å²) in [5, 5.41) is 32.9. The zero-order valence-electron chi connectivity index (χ0n) is 13.9. The Morgan fingerprint density at radius 3 is 2.50 bits per heavy atom. The Hall–Kier alpha value is -3.16. The van der Waals surface area contributed by atoms with Crippen molar-refractivity contribution in [2.24, 2.45) is 0 Å². The van der Waals surface area contributed by atoms with Gasteiger partial charge in [-0.2, -0.15) is 4.73 Å². The molecule has 0 atom stereocenters. The third-order valence-corrected chi connectivity index (χ3v) is 3.98. The van der Waals surface area contributed by atoms with Gasteiger partial charge in [0.15, 0.2) is 11.4 Å². The van der Waals surface area contributed by atoms with Crippen LogP contribution in [0.25, 0.3) is 11.3 Å². The van der Waals surface area contributed by atoms with E-state index < -0.39 is 0 Å². The molecule has 0 radical (unpaired) electrons. The fourth-order valence-electron chi connectivity index (χ4n) is 2.70. The Morgan fingerprint density at radius 2 is 1.85 bits per heavy atom. The summed E-state index contributed by atoms with van der Waals surface area (Å²) in [5.41, 5.74) is 1.84. The zero-order valence-corrected chi connectivity index (χ0v) is 13.9. The van der Waals surface area contributed by atoms with E-state index in [1.165, 1.54) is 31.4 Å². The van der Waals surface area contributed by atoms with Crippen LogP contribution in [0.2, 0.25) is 0 Å². The molecule has 1 aromatic heterocycles. The molecule has 3 rings (SSSR count). The predicted molar refractivity (Wildman–Crippen MR) is 94.2 cm³/mol. The number of hydrogen-bond donors (Lipinski definition) is 1. The first-order valence-corrected chi connectivity index (χ1v) is 7.80. The van der Waals surface area contributed by atoms with Crippen LogP contribution < -0.4 is 14.7 Å². The molecule has 0 aliphatic carbocycles. The molecule has 7 heteroatoms. The molecule has 0 fully saturated rings. The topological polar surface area (TPSA) is 82.7 Å². The fraction of sp³-hybridized carbons (Fsp3) is 0.105. The van der Waals surface area contributed by atoms with Gasteiger partial charge in [-0.05, 0) is 42.0 Å². The maximum Gasteiger partial charge on any atom is 0.266 e. The number of benzene rings is 2. The average Bonchev–Trinajstić information content (AvgIpc) is 2.65. The van der Waals surface area contributed by atoms with Crippen molar-refractivity contribution in [1.82, 2.24) is 0 Å². The molecule has 0 unspecified atom stereocenters. The minimum absolute atomic E-state index is 0.00603. The highest BCUT2D eigenvalue weighted by molar-refractivity contribution is 5.68. The molecule has 6 nitrogen and oxygen atoms in total. The summed E-state index contributed by atoms with van der Waals surface area (Å²) in [7, 11) is 1.44. The Labute approximate surface area is 149 Å². The molecule has 2 aromatic carbocycles. The highest BCUT2D eigenvalue weighted by Gasteiger charge is 2.21. The van der Waals surface area contributed by atoms with E-state index in [2.05, 4.69) is 0 Å². The Morgan fingerprint density at radius 1 is 1.12 bits per heavy atom. The van der Waals surface area contributed by atoms with Crippen LogP contribution in [0, 0.1) is 16.2 Å². The lowest BCUT2D eigenvalue weighted by Gasteiger charge is -2.22. The smallest absolute Gasteiger partial charge is 0.266 e. The van der Waals surface area contributed by atoms with Gasteiger partial charge in [0.25, 0.3) is 5.69 Å². The van der Waals surface area contributed by atoms with Gasteiger partial charge in [-0.25, -0.2) is 4.39 Å². The quantitative estimate of drug-likeness (QED) is 0.431. The van der Waals surface area contributed by atoms with Crippen LogP contribution in [-0.2, 0) is 6.42 Å². The summed E-state index contributed by atoms with van der Waals surface area (Å²) >= 11 is 0. The largest absolute Gasteiger partial charge is 0.733 e. The van der Waals surface area contributed by atoms with E-state index in [1.54, 1.807) is 36.4 Å². The number of anilines is 1. The van der Waals surface area contributed by atoms with Gasteiger partial charge < -0.3 is 20.4 Å². The van der Waals surface area contributed by atoms with Gasteiger partial charge in [-0.3, -0.25) is 5.21 Å². The van der Waals surface area contributed by atoms with Crippen LogP contribution in [-0.4, -0.2) is 12.3 Å². The number of halogens is 1. The van der Waals surface area contributed by atoms with Gasteiger partial charge in [0.2, 0.25) is 0 Å². The second-order valence-electron chi connectivity index (χ2n) is 5.66. The van der Waals surface area contributed by atoms with Crippen molar-refractivity contribution in [2.45, 2.75) is 6.42 Å². The maximum absolute atomic E-state index is 13.1. The molecular weight excluding hydrogens is 339 g/mol. The third-order valence-electron chi connectivity index (χ3n) is 3.98. The van der Waals surface area contributed by atoms with Crippen molar-refractivity contribution >= 4 is 5.69 Å². The molecule has 1 heterocycles. The lowest BCUT2D eigenvalue weighted by Crippen LogP contribution is -2.35. The molecular formula is C19H16FN2O4-. The number of aromatic nitrogens is 1. The second-order valence-corrected chi connectivity index (χ2v) is 5.66. The van der Waals surface area contributed by atoms with Gasteiger partial charge in [0, 0.05) is 6.07 Å². The highest BCUT2D eigenvalue weighted by atomic mass is 19.1. The second kappa shape index (κ2) is 7.38. The summed E-state index contributed by atoms with van der Waals surface area (Å²) in [6.45, 7) is 0. The van der Waals surface area contributed by atoms with Gasteiger partial charge in [-0.1, -0.05) is 18.2 Å². The highest BCUT2D eigenvalue weighted by Crippen LogP contribution is 2.29. The number of nitrogens with zero attached hydrogens (tertiary/aromatic N) is 2. The number of hydrogen-bond acceptors (Lipinski definition) is 5. The average molecular weight is 355 g/mol. The van der Waals surface area contributed by atoms with E-state index in [-0.39, 0.29) is 22.4 Å². The van der Waals surface area contributed by atoms with Crippen LogP contribution in [0.4, 0.5) is 10.1 Å². The van der Waals surface area contributed by atoms with Crippen LogP contribution >= 0.6 is 0 Å². The number of methoxy groups -OCH3 is 1.